The highest BCUT2D eigenvalue weighted by atomic mass is 35.5. The molecule has 1 N–H and O–H groups in total. The second-order valence-corrected chi connectivity index (χ2v) is 3.10. The second-order valence-electron chi connectivity index (χ2n) is 2.26. The van der Waals surface area contributed by atoms with Gasteiger partial charge in [0.25, 0.3) is 5.78 Å². The van der Waals surface area contributed by atoms with Gasteiger partial charge in [0.15, 0.2) is 0 Å². The van der Waals surface area contributed by atoms with E-state index in [4.69, 9.17) is 28.3 Å². The predicted molar refractivity (Wildman–Crippen MR) is 48.4 cm³/mol. The maximum Gasteiger partial charge on any atom is 0.377 e. The van der Waals surface area contributed by atoms with E-state index in [0.717, 1.165) is 0 Å². The molecule has 1 aromatic carbocycles. The highest BCUT2D eigenvalue weighted by Crippen LogP contribution is 2.21. The Morgan fingerprint density at radius 3 is 2.31 bits per heavy atom. The average molecular weight is 219 g/mol. The number of hydrogen-bond donors (Lipinski definition) is 1. The van der Waals surface area contributed by atoms with Crippen LogP contribution in [0.15, 0.2) is 18.2 Å². The fraction of sp³-hybridized carbons (Fsp3) is 0. The van der Waals surface area contributed by atoms with E-state index in [1.807, 2.05) is 0 Å². The molecule has 1 aromatic rings. The van der Waals surface area contributed by atoms with E-state index in [1.54, 1.807) is 0 Å². The molecule has 0 heterocycles. The Morgan fingerprint density at radius 1 is 1.23 bits per heavy atom. The van der Waals surface area contributed by atoms with Gasteiger partial charge in [-0.25, -0.2) is 4.79 Å². The maximum absolute atomic E-state index is 10.9. The van der Waals surface area contributed by atoms with Crippen molar-refractivity contribution in [1.82, 2.24) is 0 Å². The smallest absolute Gasteiger partial charge is 0.377 e. The number of carbonyl (C=O) groups is 2. The summed E-state index contributed by atoms with van der Waals surface area (Å²) < 4.78 is 0. The first-order valence-electron chi connectivity index (χ1n) is 3.25. The molecule has 0 saturated heterocycles. The van der Waals surface area contributed by atoms with Gasteiger partial charge in [-0.1, -0.05) is 23.2 Å². The molecule has 13 heavy (non-hydrogen) atoms. The molecule has 0 bridgehead atoms. The summed E-state index contributed by atoms with van der Waals surface area (Å²) in [5.74, 6) is -2.58. The normalized spacial score (nSPS) is 9.69. The summed E-state index contributed by atoms with van der Waals surface area (Å²) >= 11 is 11.2. The van der Waals surface area contributed by atoms with Gasteiger partial charge < -0.3 is 5.11 Å². The van der Waals surface area contributed by atoms with Gasteiger partial charge in [0.05, 0.1) is 5.02 Å². The van der Waals surface area contributed by atoms with E-state index < -0.39 is 11.8 Å². The third-order valence-electron chi connectivity index (χ3n) is 1.37. The van der Waals surface area contributed by atoms with Gasteiger partial charge in [0, 0.05) is 10.6 Å². The lowest BCUT2D eigenvalue weighted by atomic mass is 10.1. The summed E-state index contributed by atoms with van der Waals surface area (Å²) in [5.41, 5.74) is -0.0569. The lowest BCUT2D eigenvalue weighted by molar-refractivity contribution is -0.131. The van der Waals surface area contributed by atoms with Crippen molar-refractivity contribution in [1.29, 1.82) is 0 Å². The molecule has 68 valence electrons. The molecule has 5 heteroatoms. The van der Waals surface area contributed by atoms with Crippen LogP contribution in [0.4, 0.5) is 0 Å². The lowest BCUT2D eigenvalue weighted by Gasteiger charge is -1.99. The Hall–Kier alpha value is -1.06. The quantitative estimate of drug-likeness (QED) is 0.613. The SMILES string of the molecule is O=C(O)C(=O)c1ccc(Cl)cc1Cl. The maximum atomic E-state index is 10.9. The van der Waals surface area contributed by atoms with Gasteiger partial charge in [0.2, 0.25) is 0 Å². The number of carboxylic acid groups (broad SMARTS) is 1. The molecule has 0 aliphatic carbocycles. The summed E-state index contributed by atoms with van der Waals surface area (Å²) in [6.45, 7) is 0. The van der Waals surface area contributed by atoms with Crippen LogP contribution in [0.2, 0.25) is 10.0 Å². The van der Waals surface area contributed by atoms with Crippen LogP contribution in [0.3, 0.4) is 0 Å². The third-order valence-corrected chi connectivity index (χ3v) is 1.92. The van der Waals surface area contributed by atoms with E-state index >= 15 is 0 Å². The first-order valence-corrected chi connectivity index (χ1v) is 4.00. The molecule has 0 fully saturated rings. The molecule has 0 aliphatic heterocycles. The molecule has 1 rings (SSSR count). The van der Waals surface area contributed by atoms with Crippen molar-refractivity contribution in [3.63, 3.8) is 0 Å². The Morgan fingerprint density at radius 2 is 1.85 bits per heavy atom. The number of Topliss-reactive ketones (excluding diaryl/α,β-unsaturated/α-hetero) is 1. The molecule has 0 aromatic heterocycles. The molecule has 0 saturated carbocycles. The topological polar surface area (TPSA) is 54.4 Å². The van der Waals surface area contributed by atoms with Gasteiger partial charge in [-0.15, -0.1) is 0 Å². The van der Waals surface area contributed by atoms with E-state index in [2.05, 4.69) is 0 Å². The summed E-state index contributed by atoms with van der Waals surface area (Å²) in [7, 11) is 0. The van der Waals surface area contributed by atoms with Crippen molar-refractivity contribution in [2.75, 3.05) is 0 Å². The number of rotatable bonds is 2. The number of benzene rings is 1. The molecule has 0 aliphatic rings. The minimum absolute atomic E-state index is 0.0416. The van der Waals surface area contributed by atoms with Crippen molar-refractivity contribution < 1.29 is 14.7 Å². The Kier molecular flexibility index (Phi) is 2.90. The highest BCUT2D eigenvalue weighted by molar-refractivity contribution is 6.45. The Bertz CT molecular complexity index is 374. The molecule has 0 atom stereocenters. The average Bonchev–Trinajstić information content (AvgIpc) is 2.03. The monoisotopic (exact) mass is 218 g/mol. The van der Waals surface area contributed by atoms with Crippen molar-refractivity contribution in [3.8, 4) is 0 Å². The number of carbonyl (C=O) groups excluding carboxylic acids is 1. The zero-order valence-corrected chi connectivity index (χ0v) is 7.76. The van der Waals surface area contributed by atoms with Crippen LogP contribution in [0, 0.1) is 0 Å². The van der Waals surface area contributed by atoms with Crippen molar-refractivity contribution in [3.05, 3.63) is 33.8 Å². The second kappa shape index (κ2) is 3.77. The van der Waals surface area contributed by atoms with E-state index in [1.165, 1.54) is 18.2 Å². The van der Waals surface area contributed by atoms with Crippen LogP contribution in [-0.2, 0) is 4.79 Å². The van der Waals surface area contributed by atoms with Crippen molar-refractivity contribution in [2.24, 2.45) is 0 Å². The van der Waals surface area contributed by atoms with Gasteiger partial charge in [-0.05, 0) is 18.2 Å². The zero-order valence-electron chi connectivity index (χ0n) is 6.25. The number of carboxylic acids is 1. The van der Waals surface area contributed by atoms with Crippen LogP contribution in [0.5, 0.6) is 0 Å². The summed E-state index contributed by atoms with van der Waals surface area (Å²) in [6, 6.07) is 4.00. The van der Waals surface area contributed by atoms with E-state index in [9.17, 15) is 9.59 Å². The fourth-order valence-corrected chi connectivity index (χ4v) is 1.28. The van der Waals surface area contributed by atoms with Gasteiger partial charge >= 0.3 is 5.97 Å². The van der Waals surface area contributed by atoms with Crippen LogP contribution in [0.25, 0.3) is 0 Å². The molecule has 0 amide bonds. The standard InChI is InChI=1S/C8H4Cl2O3/c9-4-1-2-5(6(10)3-4)7(11)8(12)13/h1-3H,(H,12,13). The van der Waals surface area contributed by atoms with E-state index in [-0.39, 0.29) is 10.6 Å². The van der Waals surface area contributed by atoms with Crippen molar-refractivity contribution >= 4 is 35.0 Å². The molecular formula is C8H4Cl2O3. The highest BCUT2D eigenvalue weighted by Gasteiger charge is 2.17. The van der Waals surface area contributed by atoms with Gasteiger partial charge in [-0.3, -0.25) is 4.79 Å². The van der Waals surface area contributed by atoms with Gasteiger partial charge in [0.1, 0.15) is 0 Å². The number of ketones is 1. The minimum Gasteiger partial charge on any atom is -0.475 e. The van der Waals surface area contributed by atoms with Crippen LogP contribution < -0.4 is 0 Å². The molecule has 0 radical (unpaired) electrons. The van der Waals surface area contributed by atoms with Crippen molar-refractivity contribution in [2.45, 2.75) is 0 Å². The lowest BCUT2D eigenvalue weighted by Crippen LogP contribution is -2.12. The van der Waals surface area contributed by atoms with Crippen LogP contribution in [-0.4, -0.2) is 16.9 Å². The third kappa shape index (κ3) is 2.20. The van der Waals surface area contributed by atoms with Crippen LogP contribution in [0.1, 0.15) is 10.4 Å². The van der Waals surface area contributed by atoms with E-state index in [0.29, 0.717) is 5.02 Å². The fourth-order valence-electron chi connectivity index (χ4n) is 0.789. The Labute approximate surface area is 83.9 Å². The number of hydrogen-bond acceptors (Lipinski definition) is 2. The molecule has 3 nitrogen and oxygen atoms in total. The number of halogens is 2. The number of aliphatic carboxylic acids is 1. The molecule has 0 spiro atoms. The first-order chi connectivity index (χ1) is 6.02. The van der Waals surface area contributed by atoms with Gasteiger partial charge in [-0.2, -0.15) is 0 Å². The Balaban J connectivity index is 3.16. The molecular weight excluding hydrogens is 215 g/mol. The summed E-state index contributed by atoms with van der Waals surface area (Å²) in [5, 5.41) is 8.78. The first kappa shape index (κ1) is 10.0. The minimum atomic E-state index is -1.54. The largest absolute Gasteiger partial charge is 0.475 e. The predicted octanol–water partition coefficient (Wildman–Crippen LogP) is 2.26. The molecule has 0 unspecified atom stereocenters. The van der Waals surface area contributed by atoms with Crippen LogP contribution >= 0.6 is 23.2 Å². The summed E-state index contributed by atoms with van der Waals surface area (Å²) in [6.07, 6.45) is 0. The summed E-state index contributed by atoms with van der Waals surface area (Å²) in [4.78, 5) is 21.2. The zero-order chi connectivity index (χ0) is 10.0.